The van der Waals surface area contributed by atoms with Gasteiger partial charge < -0.3 is 10.0 Å². The summed E-state index contributed by atoms with van der Waals surface area (Å²) in [7, 11) is 0. The molecule has 0 unspecified atom stereocenters. The van der Waals surface area contributed by atoms with Gasteiger partial charge in [-0.05, 0) is 19.1 Å². The van der Waals surface area contributed by atoms with Crippen molar-refractivity contribution in [1.29, 1.82) is 0 Å². The molecule has 0 atom stereocenters. The van der Waals surface area contributed by atoms with Gasteiger partial charge in [0.2, 0.25) is 0 Å². The van der Waals surface area contributed by atoms with Gasteiger partial charge in [0, 0.05) is 5.02 Å². The molecular weight excluding hydrogens is 162 g/mol. The molecule has 2 N–H and O–H groups in total. The van der Waals surface area contributed by atoms with Crippen LogP contribution in [0.25, 0.3) is 0 Å². The van der Waals surface area contributed by atoms with Crippen LogP contribution in [0.2, 0.25) is 5.02 Å². The van der Waals surface area contributed by atoms with Gasteiger partial charge in [-0.3, -0.25) is 0 Å². The summed E-state index contributed by atoms with van der Waals surface area (Å²) in [6.45, 7) is 2.04. The number of rotatable bonds is 0. The molecule has 0 fully saturated rings. The third-order valence-corrected chi connectivity index (χ3v) is 1.26. The summed E-state index contributed by atoms with van der Waals surface area (Å²) in [5.74, 6) is 0. The van der Waals surface area contributed by atoms with Crippen molar-refractivity contribution in [2.24, 2.45) is 0 Å². The van der Waals surface area contributed by atoms with Crippen molar-refractivity contribution >= 4 is 19.3 Å². The van der Waals surface area contributed by atoms with E-state index in [4.69, 9.17) is 21.6 Å². The molecule has 0 aliphatic rings. The first kappa shape index (κ1) is 10.5. The Kier molecular flexibility index (Phi) is 5.94. The summed E-state index contributed by atoms with van der Waals surface area (Å²) in [4.78, 5) is 0. The summed E-state index contributed by atoms with van der Waals surface area (Å²) in [6, 6.07) is 7.75. The minimum absolute atomic E-state index is 0. The highest BCUT2D eigenvalue weighted by Gasteiger charge is 1.81. The number of hydrogen-bond acceptors (Lipinski definition) is 2. The van der Waals surface area contributed by atoms with E-state index in [9.17, 15) is 0 Å². The molecule has 59 valence electrons. The standard InChI is InChI=1S/C7H7Cl.BH2O2/c1-6-2-4-7(8)5-3-6;2-1-3/h2-5H,1H3;2-3H. The lowest BCUT2D eigenvalue weighted by Gasteiger charge is -1.88. The van der Waals surface area contributed by atoms with Crippen molar-refractivity contribution in [3.63, 3.8) is 0 Å². The van der Waals surface area contributed by atoms with Crippen molar-refractivity contribution in [2.75, 3.05) is 0 Å². The van der Waals surface area contributed by atoms with Crippen LogP contribution < -0.4 is 0 Å². The Morgan fingerprint density at radius 3 is 1.82 bits per heavy atom. The zero-order valence-electron chi connectivity index (χ0n) is 6.16. The Labute approximate surface area is 71.8 Å². The normalized spacial score (nSPS) is 8.00. The molecule has 0 bridgehead atoms. The summed E-state index contributed by atoms with van der Waals surface area (Å²) in [5, 5.41) is 14.8. The fourth-order valence-electron chi connectivity index (χ4n) is 0.533. The van der Waals surface area contributed by atoms with Gasteiger partial charge in [-0.1, -0.05) is 29.3 Å². The lowest BCUT2D eigenvalue weighted by Crippen LogP contribution is -1.75. The Bertz CT molecular complexity index is 167. The minimum atomic E-state index is 0. The molecule has 1 radical (unpaired) electrons. The van der Waals surface area contributed by atoms with Crippen LogP contribution in [0.3, 0.4) is 0 Å². The summed E-state index contributed by atoms with van der Waals surface area (Å²) in [5.41, 5.74) is 1.24. The van der Waals surface area contributed by atoms with Gasteiger partial charge in [-0.25, -0.2) is 0 Å². The minimum Gasteiger partial charge on any atom is -0.429 e. The van der Waals surface area contributed by atoms with Crippen LogP contribution in [0.15, 0.2) is 24.3 Å². The predicted octanol–water partition coefficient (Wildman–Crippen LogP) is 1.15. The van der Waals surface area contributed by atoms with Crippen molar-refractivity contribution < 1.29 is 10.0 Å². The number of benzene rings is 1. The first-order chi connectivity index (χ1) is 5.20. The molecule has 0 heterocycles. The quantitative estimate of drug-likeness (QED) is 0.575. The molecule has 0 saturated heterocycles. The smallest absolute Gasteiger partial charge is 0.429 e. The largest absolute Gasteiger partial charge is 0.482 e. The van der Waals surface area contributed by atoms with E-state index in [1.54, 1.807) is 0 Å². The Balaban J connectivity index is 0.000000292. The van der Waals surface area contributed by atoms with E-state index in [0.29, 0.717) is 0 Å². The molecule has 1 aromatic carbocycles. The molecular formula is C7H9BClO2. The average molecular weight is 171 g/mol. The molecule has 11 heavy (non-hydrogen) atoms. The predicted molar refractivity (Wildman–Crippen MR) is 46.4 cm³/mol. The average Bonchev–Trinajstić information content (AvgIpc) is 1.97. The van der Waals surface area contributed by atoms with Crippen LogP contribution >= 0.6 is 11.6 Å². The van der Waals surface area contributed by atoms with Gasteiger partial charge in [-0.2, -0.15) is 0 Å². The maximum absolute atomic E-state index is 7.00. The van der Waals surface area contributed by atoms with Gasteiger partial charge in [0.25, 0.3) is 0 Å². The van der Waals surface area contributed by atoms with E-state index in [2.05, 4.69) is 0 Å². The summed E-state index contributed by atoms with van der Waals surface area (Å²) in [6.07, 6.45) is 0. The van der Waals surface area contributed by atoms with Gasteiger partial charge in [0.1, 0.15) is 0 Å². The van der Waals surface area contributed by atoms with Crippen LogP contribution in [0.1, 0.15) is 5.56 Å². The molecule has 0 aromatic heterocycles. The molecule has 2 nitrogen and oxygen atoms in total. The van der Waals surface area contributed by atoms with E-state index in [-0.39, 0.29) is 7.69 Å². The summed E-state index contributed by atoms with van der Waals surface area (Å²) >= 11 is 5.61. The zero-order valence-corrected chi connectivity index (χ0v) is 6.92. The van der Waals surface area contributed by atoms with E-state index >= 15 is 0 Å². The molecule has 0 aliphatic carbocycles. The van der Waals surface area contributed by atoms with Crippen molar-refractivity contribution in [3.05, 3.63) is 34.9 Å². The lowest BCUT2D eigenvalue weighted by atomic mass is 10.2. The second kappa shape index (κ2) is 6.22. The molecule has 4 heteroatoms. The fraction of sp³-hybridized carbons (Fsp3) is 0.143. The topological polar surface area (TPSA) is 40.5 Å². The van der Waals surface area contributed by atoms with Crippen LogP contribution in [-0.4, -0.2) is 17.7 Å². The van der Waals surface area contributed by atoms with Gasteiger partial charge in [0.15, 0.2) is 0 Å². The van der Waals surface area contributed by atoms with Crippen LogP contribution in [-0.2, 0) is 0 Å². The maximum atomic E-state index is 7.00. The van der Waals surface area contributed by atoms with Gasteiger partial charge >= 0.3 is 7.69 Å². The van der Waals surface area contributed by atoms with Crippen LogP contribution in [0.4, 0.5) is 0 Å². The summed E-state index contributed by atoms with van der Waals surface area (Å²) < 4.78 is 0. The second-order valence-corrected chi connectivity index (χ2v) is 2.35. The lowest BCUT2D eigenvalue weighted by molar-refractivity contribution is 0.448. The van der Waals surface area contributed by atoms with E-state index in [1.165, 1.54) is 5.56 Å². The monoisotopic (exact) mass is 171 g/mol. The van der Waals surface area contributed by atoms with E-state index < -0.39 is 0 Å². The molecule has 1 rings (SSSR count). The zero-order chi connectivity index (χ0) is 8.69. The van der Waals surface area contributed by atoms with Gasteiger partial charge in [0.05, 0.1) is 0 Å². The van der Waals surface area contributed by atoms with Crippen molar-refractivity contribution in [1.82, 2.24) is 0 Å². The highest BCUT2D eigenvalue weighted by molar-refractivity contribution is 6.30. The third kappa shape index (κ3) is 5.92. The molecule has 0 aliphatic heterocycles. The highest BCUT2D eigenvalue weighted by atomic mass is 35.5. The third-order valence-electron chi connectivity index (χ3n) is 1.01. The van der Waals surface area contributed by atoms with Crippen LogP contribution in [0, 0.1) is 6.92 Å². The first-order valence-corrected chi connectivity index (χ1v) is 3.40. The Morgan fingerprint density at radius 2 is 1.55 bits per heavy atom. The molecule has 0 amide bonds. The number of hydrogen-bond donors (Lipinski definition) is 2. The van der Waals surface area contributed by atoms with Crippen LogP contribution in [0.5, 0.6) is 0 Å². The Morgan fingerprint density at radius 1 is 1.18 bits per heavy atom. The van der Waals surface area contributed by atoms with E-state index in [1.807, 2.05) is 31.2 Å². The SMILES string of the molecule is Cc1ccc(Cl)cc1.O[B]O. The van der Waals surface area contributed by atoms with E-state index in [0.717, 1.165) is 5.02 Å². The van der Waals surface area contributed by atoms with Gasteiger partial charge in [-0.15, -0.1) is 0 Å². The Hall–Kier alpha value is -0.505. The molecule has 0 spiro atoms. The highest BCUT2D eigenvalue weighted by Crippen LogP contribution is 2.07. The molecule has 0 saturated carbocycles. The van der Waals surface area contributed by atoms with Crippen molar-refractivity contribution in [3.8, 4) is 0 Å². The number of aryl methyl sites for hydroxylation is 1. The van der Waals surface area contributed by atoms with Crippen molar-refractivity contribution in [2.45, 2.75) is 6.92 Å². The first-order valence-electron chi connectivity index (χ1n) is 3.03. The number of halogens is 1. The second-order valence-electron chi connectivity index (χ2n) is 1.91. The maximum Gasteiger partial charge on any atom is 0.482 e. The molecule has 1 aromatic rings. The fourth-order valence-corrected chi connectivity index (χ4v) is 0.659.